The van der Waals surface area contributed by atoms with E-state index in [0.717, 1.165) is 17.7 Å². The molecular weight excluding hydrogens is 268 g/mol. The summed E-state index contributed by atoms with van der Waals surface area (Å²) in [6.07, 6.45) is 0.705. The lowest BCUT2D eigenvalue weighted by Crippen LogP contribution is -2.49. The molecule has 0 aliphatic carbocycles. The van der Waals surface area contributed by atoms with Crippen LogP contribution >= 0.6 is 0 Å². The van der Waals surface area contributed by atoms with Gasteiger partial charge in [-0.05, 0) is 17.0 Å². The van der Waals surface area contributed by atoms with Gasteiger partial charge < -0.3 is 15.7 Å². The minimum absolute atomic E-state index is 0.0988. The minimum Gasteiger partial charge on any atom is -0.480 e. The first kappa shape index (κ1) is 15.5. The molecule has 1 aromatic rings. The number of hydrogen-bond acceptors (Lipinski definition) is 3. The first-order chi connectivity index (χ1) is 10.0. The van der Waals surface area contributed by atoms with Crippen LogP contribution in [-0.4, -0.2) is 29.6 Å². The summed E-state index contributed by atoms with van der Waals surface area (Å²) in [5, 5.41) is 15.2. The molecule has 0 saturated heterocycles. The Morgan fingerprint density at radius 2 is 2.14 bits per heavy atom. The van der Waals surface area contributed by atoms with Crippen molar-refractivity contribution in [1.82, 2.24) is 10.6 Å². The molecule has 1 aliphatic rings. The van der Waals surface area contributed by atoms with Gasteiger partial charge >= 0.3 is 5.97 Å². The van der Waals surface area contributed by atoms with Crippen LogP contribution in [0.15, 0.2) is 24.3 Å². The monoisotopic (exact) mass is 290 g/mol. The second kappa shape index (κ2) is 6.72. The number of fused-ring (bicyclic) bond motifs is 1. The van der Waals surface area contributed by atoms with Gasteiger partial charge in [0.25, 0.3) is 0 Å². The zero-order chi connectivity index (χ0) is 15.4. The molecule has 1 amide bonds. The third-order valence-corrected chi connectivity index (χ3v) is 4.19. The number of amides is 1. The number of aliphatic carboxylic acids is 1. The summed E-state index contributed by atoms with van der Waals surface area (Å²) < 4.78 is 0. The zero-order valence-electron chi connectivity index (χ0n) is 12.4. The van der Waals surface area contributed by atoms with Gasteiger partial charge in [-0.25, -0.2) is 4.79 Å². The van der Waals surface area contributed by atoms with Gasteiger partial charge in [-0.15, -0.1) is 0 Å². The van der Waals surface area contributed by atoms with Gasteiger partial charge in [-0.3, -0.25) is 4.79 Å². The number of carboxylic acid groups (broad SMARTS) is 1. The summed E-state index contributed by atoms with van der Waals surface area (Å²) in [5.74, 6) is -1.63. The van der Waals surface area contributed by atoms with Gasteiger partial charge in [0.1, 0.15) is 6.04 Å². The zero-order valence-corrected chi connectivity index (χ0v) is 12.4. The summed E-state index contributed by atoms with van der Waals surface area (Å²) in [5.41, 5.74) is 2.08. The molecule has 5 nitrogen and oxygen atoms in total. The second-order valence-electron chi connectivity index (χ2n) is 5.59. The highest BCUT2D eigenvalue weighted by Crippen LogP contribution is 2.24. The van der Waals surface area contributed by atoms with Crippen LogP contribution < -0.4 is 10.6 Å². The fourth-order valence-electron chi connectivity index (χ4n) is 2.67. The van der Waals surface area contributed by atoms with Crippen LogP contribution in [0, 0.1) is 5.92 Å². The molecule has 0 spiro atoms. The Morgan fingerprint density at radius 3 is 2.81 bits per heavy atom. The van der Waals surface area contributed by atoms with E-state index in [1.165, 1.54) is 0 Å². The lowest BCUT2D eigenvalue weighted by molar-refractivity contribution is -0.143. The molecule has 0 saturated carbocycles. The van der Waals surface area contributed by atoms with Crippen LogP contribution in [0.4, 0.5) is 0 Å². The van der Waals surface area contributed by atoms with Gasteiger partial charge in [0.15, 0.2) is 0 Å². The van der Waals surface area contributed by atoms with Crippen LogP contribution in [0.1, 0.15) is 37.3 Å². The van der Waals surface area contributed by atoms with E-state index in [-0.39, 0.29) is 17.7 Å². The molecule has 0 radical (unpaired) electrons. The molecule has 114 valence electrons. The van der Waals surface area contributed by atoms with Gasteiger partial charge in [-0.2, -0.15) is 0 Å². The highest BCUT2D eigenvalue weighted by molar-refractivity contribution is 5.89. The van der Waals surface area contributed by atoms with Crippen LogP contribution in [0.5, 0.6) is 0 Å². The number of rotatable bonds is 5. The molecule has 0 fully saturated rings. The first-order valence-electron chi connectivity index (χ1n) is 7.36. The molecule has 0 aromatic heterocycles. The topological polar surface area (TPSA) is 78.4 Å². The molecule has 1 aromatic carbocycles. The highest BCUT2D eigenvalue weighted by atomic mass is 16.4. The third kappa shape index (κ3) is 3.42. The van der Waals surface area contributed by atoms with Gasteiger partial charge in [-0.1, -0.05) is 44.5 Å². The molecule has 1 aliphatic heterocycles. The maximum atomic E-state index is 12.5. The maximum absolute atomic E-state index is 12.5. The first-order valence-corrected chi connectivity index (χ1v) is 7.36. The number of nitrogens with one attached hydrogen (secondary N) is 2. The number of hydrogen-bond donors (Lipinski definition) is 3. The molecule has 3 N–H and O–H groups in total. The highest BCUT2D eigenvalue weighted by Gasteiger charge is 2.31. The van der Waals surface area contributed by atoms with Crippen LogP contribution in [0.3, 0.4) is 0 Å². The van der Waals surface area contributed by atoms with Crippen LogP contribution in [0.25, 0.3) is 0 Å². The Bertz CT molecular complexity index is 530. The van der Waals surface area contributed by atoms with Crippen molar-refractivity contribution < 1.29 is 14.7 Å². The molecule has 21 heavy (non-hydrogen) atoms. The normalized spacial score (nSPS) is 20.2. The average molecular weight is 290 g/mol. The van der Waals surface area contributed by atoms with Crippen molar-refractivity contribution in [2.45, 2.75) is 38.8 Å². The molecular formula is C16H22N2O3. The van der Waals surface area contributed by atoms with Crippen molar-refractivity contribution in [2.24, 2.45) is 5.92 Å². The van der Waals surface area contributed by atoms with E-state index in [4.69, 9.17) is 0 Å². The summed E-state index contributed by atoms with van der Waals surface area (Å²) in [6.45, 7) is 5.04. The largest absolute Gasteiger partial charge is 0.480 e. The van der Waals surface area contributed by atoms with Gasteiger partial charge in [0.05, 0.1) is 5.92 Å². The lowest BCUT2D eigenvalue weighted by Gasteiger charge is -2.28. The average Bonchev–Trinajstić information content (AvgIpc) is 2.50. The van der Waals surface area contributed by atoms with E-state index in [1.54, 1.807) is 0 Å². The summed E-state index contributed by atoms with van der Waals surface area (Å²) in [4.78, 5) is 23.8. The third-order valence-electron chi connectivity index (χ3n) is 4.19. The van der Waals surface area contributed by atoms with Crippen molar-refractivity contribution >= 4 is 11.9 Å². The number of carbonyl (C=O) groups is 2. The van der Waals surface area contributed by atoms with Gasteiger partial charge in [0, 0.05) is 13.1 Å². The van der Waals surface area contributed by atoms with E-state index in [1.807, 2.05) is 38.1 Å². The van der Waals surface area contributed by atoms with Crippen molar-refractivity contribution in [1.29, 1.82) is 0 Å². The quantitative estimate of drug-likeness (QED) is 0.767. The summed E-state index contributed by atoms with van der Waals surface area (Å²) in [7, 11) is 0. The maximum Gasteiger partial charge on any atom is 0.326 e. The van der Waals surface area contributed by atoms with E-state index in [9.17, 15) is 14.7 Å². The Morgan fingerprint density at radius 1 is 1.43 bits per heavy atom. The van der Waals surface area contributed by atoms with E-state index in [2.05, 4.69) is 10.6 Å². The Hall–Kier alpha value is -1.88. The number of carboxylic acids is 1. The van der Waals surface area contributed by atoms with E-state index >= 15 is 0 Å². The molecule has 2 rings (SSSR count). The molecule has 2 unspecified atom stereocenters. The molecule has 0 bridgehead atoms. The standard InChI is InChI=1S/C16H22N2O3/c1-3-10(2)14(16(20)21)18-15(19)13-9-17-8-11-6-4-5-7-12(11)13/h4-7,10,13-14,17H,3,8-9H2,1-2H3,(H,18,19)(H,20,21)/t10?,13?,14-/m0/s1. The molecule has 5 heteroatoms. The Kier molecular flexibility index (Phi) is 4.96. The summed E-state index contributed by atoms with van der Waals surface area (Å²) >= 11 is 0. The fraction of sp³-hybridized carbons (Fsp3) is 0.500. The van der Waals surface area contributed by atoms with Gasteiger partial charge in [0.2, 0.25) is 5.91 Å². The fourth-order valence-corrected chi connectivity index (χ4v) is 2.67. The van der Waals surface area contributed by atoms with Crippen molar-refractivity contribution in [3.05, 3.63) is 35.4 Å². The number of benzene rings is 1. The molecule has 3 atom stereocenters. The second-order valence-corrected chi connectivity index (χ2v) is 5.59. The minimum atomic E-state index is -0.977. The predicted octanol–water partition coefficient (Wildman–Crippen LogP) is 1.49. The van der Waals surface area contributed by atoms with Crippen LogP contribution in [0.2, 0.25) is 0 Å². The van der Waals surface area contributed by atoms with E-state index < -0.39 is 12.0 Å². The van der Waals surface area contributed by atoms with Crippen molar-refractivity contribution in [2.75, 3.05) is 6.54 Å². The number of carbonyl (C=O) groups excluding carboxylic acids is 1. The smallest absolute Gasteiger partial charge is 0.326 e. The van der Waals surface area contributed by atoms with Crippen LogP contribution in [-0.2, 0) is 16.1 Å². The SMILES string of the molecule is CCC(C)[C@H](NC(=O)C1CNCc2ccccc21)C(=O)O. The predicted molar refractivity (Wildman–Crippen MR) is 79.9 cm³/mol. The Balaban J connectivity index is 2.15. The summed E-state index contributed by atoms with van der Waals surface area (Å²) in [6, 6.07) is 6.95. The van der Waals surface area contributed by atoms with Crippen molar-refractivity contribution in [3.8, 4) is 0 Å². The van der Waals surface area contributed by atoms with Crippen molar-refractivity contribution in [3.63, 3.8) is 0 Å². The Labute approximate surface area is 124 Å². The molecule has 1 heterocycles. The lowest BCUT2D eigenvalue weighted by atomic mass is 9.89. The van der Waals surface area contributed by atoms with E-state index in [0.29, 0.717) is 13.0 Å².